The van der Waals surface area contributed by atoms with Crippen molar-refractivity contribution in [1.82, 2.24) is 0 Å². The predicted molar refractivity (Wildman–Crippen MR) is 136 cm³/mol. The molecular weight excluding hydrogens is 442 g/mol. The SMILES string of the molecule is C=C(C)C(=C)Oc1ccc(C(C)CC2C(=O)N(c3ccc(OC(=O)C(=C)C)cc3)C(=O)C2C)cc1. The summed E-state index contributed by atoms with van der Waals surface area (Å²) < 4.78 is 10.9. The van der Waals surface area contributed by atoms with Crippen LogP contribution >= 0.6 is 0 Å². The summed E-state index contributed by atoms with van der Waals surface area (Å²) in [4.78, 5) is 39.2. The molecule has 1 saturated heterocycles. The van der Waals surface area contributed by atoms with E-state index in [1.807, 2.05) is 38.1 Å². The number of imide groups is 1. The van der Waals surface area contributed by atoms with Gasteiger partial charge in [-0.15, -0.1) is 0 Å². The molecule has 3 rings (SSSR count). The standard InChI is InChI=1S/C29H31NO5/c1-17(2)21(7)34-24-12-8-22(9-13-24)19(5)16-26-20(6)27(31)30(28(26)32)23-10-14-25(15-11-23)35-29(33)18(3)4/h8-15,19-20,26H,1,3,7,16H2,2,4-6H3. The van der Waals surface area contributed by atoms with Crippen molar-refractivity contribution in [2.75, 3.05) is 4.90 Å². The molecular formula is C29H31NO5. The van der Waals surface area contributed by atoms with Gasteiger partial charge in [-0.1, -0.05) is 45.7 Å². The molecule has 2 amide bonds. The van der Waals surface area contributed by atoms with Gasteiger partial charge in [0.15, 0.2) is 0 Å². The zero-order valence-corrected chi connectivity index (χ0v) is 20.7. The second kappa shape index (κ2) is 10.6. The molecule has 1 fully saturated rings. The molecule has 1 aliphatic heterocycles. The lowest BCUT2D eigenvalue weighted by Crippen LogP contribution is -2.31. The Morgan fingerprint density at radius 3 is 1.97 bits per heavy atom. The summed E-state index contributed by atoms with van der Waals surface area (Å²) in [6.07, 6.45) is 0.537. The van der Waals surface area contributed by atoms with E-state index in [1.54, 1.807) is 38.1 Å². The lowest BCUT2D eigenvalue weighted by molar-refractivity contribution is -0.130. The van der Waals surface area contributed by atoms with Crippen molar-refractivity contribution in [3.63, 3.8) is 0 Å². The number of carbonyl (C=O) groups is 3. The van der Waals surface area contributed by atoms with Crippen LogP contribution in [0, 0.1) is 11.8 Å². The highest BCUT2D eigenvalue weighted by Crippen LogP contribution is 2.37. The number of carbonyl (C=O) groups excluding carboxylic acids is 3. The van der Waals surface area contributed by atoms with E-state index in [-0.39, 0.29) is 23.3 Å². The summed E-state index contributed by atoms with van der Waals surface area (Å²) in [7, 11) is 0. The second-order valence-corrected chi connectivity index (χ2v) is 9.08. The third-order valence-electron chi connectivity index (χ3n) is 6.18. The molecule has 35 heavy (non-hydrogen) atoms. The lowest BCUT2D eigenvalue weighted by atomic mass is 9.85. The van der Waals surface area contributed by atoms with Crippen molar-refractivity contribution >= 4 is 23.5 Å². The number of benzene rings is 2. The van der Waals surface area contributed by atoms with Crippen molar-refractivity contribution in [3.05, 3.63) is 90.7 Å². The molecule has 0 spiro atoms. The Morgan fingerprint density at radius 2 is 1.43 bits per heavy atom. The van der Waals surface area contributed by atoms with Crippen LogP contribution in [0.2, 0.25) is 0 Å². The van der Waals surface area contributed by atoms with Crippen LogP contribution in [-0.4, -0.2) is 17.8 Å². The van der Waals surface area contributed by atoms with Crippen LogP contribution in [0.4, 0.5) is 5.69 Å². The molecule has 182 valence electrons. The highest BCUT2D eigenvalue weighted by atomic mass is 16.5. The van der Waals surface area contributed by atoms with Crippen molar-refractivity contribution in [3.8, 4) is 11.5 Å². The van der Waals surface area contributed by atoms with Crippen LogP contribution in [-0.2, 0) is 14.4 Å². The van der Waals surface area contributed by atoms with Gasteiger partial charge >= 0.3 is 5.97 Å². The molecule has 0 aliphatic carbocycles. The first-order valence-electron chi connectivity index (χ1n) is 11.5. The predicted octanol–water partition coefficient (Wildman–Crippen LogP) is 5.96. The maximum absolute atomic E-state index is 13.3. The van der Waals surface area contributed by atoms with Crippen molar-refractivity contribution in [1.29, 1.82) is 0 Å². The summed E-state index contributed by atoms with van der Waals surface area (Å²) in [5, 5.41) is 0. The average Bonchev–Trinajstić information content (AvgIpc) is 3.03. The molecule has 3 unspecified atom stereocenters. The van der Waals surface area contributed by atoms with E-state index in [2.05, 4.69) is 19.7 Å². The summed E-state index contributed by atoms with van der Waals surface area (Å²) >= 11 is 0. The fourth-order valence-electron chi connectivity index (χ4n) is 3.89. The number of amides is 2. The van der Waals surface area contributed by atoms with Crippen LogP contribution in [0.1, 0.15) is 45.6 Å². The highest BCUT2D eigenvalue weighted by molar-refractivity contribution is 6.21. The van der Waals surface area contributed by atoms with Crippen LogP contribution in [0.5, 0.6) is 11.5 Å². The molecule has 0 N–H and O–H groups in total. The van der Waals surface area contributed by atoms with Gasteiger partial charge in [0, 0.05) is 11.5 Å². The topological polar surface area (TPSA) is 72.9 Å². The number of hydrogen-bond acceptors (Lipinski definition) is 5. The summed E-state index contributed by atoms with van der Waals surface area (Å²) in [5.41, 5.74) is 2.54. The monoisotopic (exact) mass is 473 g/mol. The zero-order valence-electron chi connectivity index (χ0n) is 20.7. The normalized spacial score (nSPS) is 18.2. The Morgan fingerprint density at radius 1 is 0.886 bits per heavy atom. The van der Waals surface area contributed by atoms with Gasteiger partial charge in [-0.3, -0.25) is 14.5 Å². The largest absolute Gasteiger partial charge is 0.458 e. The van der Waals surface area contributed by atoms with Gasteiger partial charge in [-0.2, -0.15) is 0 Å². The Bertz CT molecular complexity index is 1180. The number of ether oxygens (including phenoxy) is 2. The Kier molecular flexibility index (Phi) is 7.75. The molecule has 0 bridgehead atoms. The van der Waals surface area contributed by atoms with Crippen LogP contribution in [0.3, 0.4) is 0 Å². The number of nitrogens with zero attached hydrogens (tertiary/aromatic N) is 1. The average molecular weight is 474 g/mol. The van der Waals surface area contributed by atoms with Crippen molar-refractivity contribution in [2.24, 2.45) is 11.8 Å². The fraction of sp³-hybridized carbons (Fsp3) is 0.276. The molecule has 0 aromatic heterocycles. The van der Waals surface area contributed by atoms with E-state index in [0.717, 1.165) is 11.1 Å². The van der Waals surface area contributed by atoms with E-state index in [1.165, 1.54) is 4.90 Å². The highest BCUT2D eigenvalue weighted by Gasteiger charge is 2.46. The number of anilines is 1. The van der Waals surface area contributed by atoms with E-state index in [4.69, 9.17) is 9.47 Å². The molecule has 1 aliphatic rings. The summed E-state index contributed by atoms with van der Waals surface area (Å²) in [5.74, 6) is -0.312. The number of allylic oxidation sites excluding steroid dienone is 1. The molecule has 2 aromatic rings. The maximum Gasteiger partial charge on any atom is 0.338 e. The van der Waals surface area contributed by atoms with Crippen LogP contribution < -0.4 is 14.4 Å². The minimum atomic E-state index is -0.533. The van der Waals surface area contributed by atoms with Crippen LogP contribution in [0.15, 0.2) is 85.2 Å². The molecule has 2 aromatic carbocycles. The smallest absolute Gasteiger partial charge is 0.338 e. The van der Waals surface area contributed by atoms with Gasteiger partial charge in [0.25, 0.3) is 0 Å². The first kappa shape index (κ1) is 25.7. The maximum atomic E-state index is 13.3. The van der Waals surface area contributed by atoms with E-state index in [9.17, 15) is 14.4 Å². The van der Waals surface area contributed by atoms with E-state index >= 15 is 0 Å². The molecule has 3 atom stereocenters. The Balaban J connectivity index is 1.69. The molecule has 0 radical (unpaired) electrons. The van der Waals surface area contributed by atoms with Crippen molar-refractivity contribution < 1.29 is 23.9 Å². The van der Waals surface area contributed by atoms with Gasteiger partial charge in [-0.25, -0.2) is 4.79 Å². The number of esters is 1. The Hall–Kier alpha value is -3.93. The zero-order chi connectivity index (χ0) is 25.9. The minimum Gasteiger partial charge on any atom is -0.458 e. The van der Waals surface area contributed by atoms with Gasteiger partial charge in [0.05, 0.1) is 11.6 Å². The number of hydrogen-bond donors (Lipinski definition) is 0. The van der Waals surface area contributed by atoms with Gasteiger partial charge in [0.1, 0.15) is 17.3 Å². The van der Waals surface area contributed by atoms with Gasteiger partial charge < -0.3 is 9.47 Å². The first-order valence-corrected chi connectivity index (χ1v) is 11.5. The van der Waals surface area contributed by atoms with Crippen LogP contribution in [0.25, 0.3) is 0 Å². The second-order valence-electron chi connectivity index (χ2n) is 9.08. The quantitative estimate of drug-likeness (QED) is 0.112. The van der Waals surface area contributed by atoms with Crippen molar-refractivity contribution in [2.45, 2.75) is 40.0 Å². The minimum absolute atomic E-state index is 0.0569. The molecule has 0 saturated carbocycles. The van der Waals surface area contributed by atoms with E-state index < -0.39 is 17.8 Å². The third-order valence-corrected chi connectivity index (χ3v) is 6.18. The summed E-state index contributed by atoms with van der Waals surface area (Å²) in [6, 6.07) is 14.0. The number of rotatable bonds is 9. The first-order chi connectivity index (χ1) is 16.5. The Labute approximate surface area is 206 Å². The summed E-state index contributed by atoms with van der Waals surface area (Å²) in [6.45, 7) is 18.4. The molecule has 6 nitrogen and oxygen atoms in total. The van der Waals surface area contributed by atoms with Gasteiger partial charge in [0.2, 0.25) is 11.8 Å². The molecule has 6 heteroatoms. The third kappa shape index (κ3) is 5.77. The fourth-order valence-corrected chi connectivity index (χ4v) is 3.89. The lowest BCUT2D eigenvalue weighted by Gasteiger charge is -2.19. The molecule has 1 heterocycles. The van der Waals surface area contributed by atoms with Gasteiger partial charge in [-0.05, 0) is 73.7 Å². The van der Waals surface area contributed by atoms with E-state index in [0.29, 0.717) is 29.4 Å².